The van der Waals surface area contributed by atoms with Crippen molar-refractivity contribution < 1.29 is 21.4 Å². The Hall–Kier alpha value is -1.64. The Morgan fingerprint density at radius 3 is 2.11 bits per heavy atom. The molecule has 2 aromatic rings. The maximum Gasteiger partial charge on any atom is 0.295 e. The van der Waals surface area contributed by atoms with Gasteiger partial charge in [-0.05, 0) is 12.1 Å². The second-order valence-electron chi connectivity index (χ2n) is 4.01. The Labute approximate surface area is 110 Å². The highest BCUT2D eigenvalue weighted by atomic mass is 32.2. The molecular formula is C11H11NO5S2. The molecular weight excluding hydrogens is 290 g/mol. The molecule has 0 aliphatic rings. The minimum atomic E-state index is -4.37. The van der Waals surface area contributed by atoms with E-state index in [1.54, 1.807) is 6.07 Å². The Kier molecular flexibility index (Phi) is 3.25. The first-order valence-electron chi connectivity index (χ1n) is 5.15. The summed E-state index contributed by atoms with van der Waals surface area (Å²) in [6, 6.07) is 8.76. The number of hydrogen-bond donors (Lipinski definition) is 2. The van der Waals surface area contributed by atoms with E-state index < -0.39 is 20.1 Å². The summed E-state index contributed by atoms with van der Waals surface area (Å²) in [7, 11) is -7.85. The number of anilines is 1. The molecule has 0 heterocycles. The van der Waals surface area contributed by atoms with Gasteiger partial charge >= 0.3 is 0 Å². The maximum atomic E-state index is 11.3. The molecule has 0 amide bonds. The standard InChI is InChI=1S/C11H11NO5S2/c1-18(13,14)12-10-6-2-5-9-8(10)4-3-7-11(9)19(15,16)17/h2-7,12H,1H3,(H,15,16,17). The van der Waals surface area contributed by atoms with E-state index in [1.807, 2.05) is 0 Å². The Balaban J connectivity index is 2.79. The number of nitrogens with one attached hydrogen (secondary N) is 1. The first kappa shape index (κ1) is 13.8. The van der Waals surface area contributed by atoms with Gasteiger partial charge in [-0.25, -0.2) is 8.42 Å². The van der Waals surface area contributed by atoms with Crippen LogP contribution in [0, 0.1) is 0 Å². The molecule has 0 unspecified atom stereocenters. The summed E-state index contributed by atoms with van der Waals surface area (Å²) in [6.07, 6.45) is 0.998. The zero-order valence-electron chi connectivity index (χ0n) is 9.86. The van der Waals surface area contributed by atoms with Crippen molar-refractivity contribution in [2.24, 2.45) is 0 Å². The third-order valence-electron chi connectivity index (χ3n) is 2.46. The fourth-order valence-corrected chi connectivity index (χ4v) is 3.08. The van der Waals surface area contributed by atoms with Crippen LogP contribution in [-0.2, 0) is 20.1 Å². The molecule has 102 valence electrons. The van der Waals surface area contributed by atoms with Gasteiger partial charge in [0.15, 0.2) is 0 Å². The molecule has 6 nitrogen and oxygen atoms in total. The van der Waals surface area contributed by atoms with Gasteiger partial charge in [-0.1, -0.05) is 24.3 Å². The van der Waals surface area contributed by atoms with Crippen molar-refractivity contribution in [1.82, 2.24) is 0 Å². The lowest BCUT2D eigenvalue weighted by molar-refractivity contribution is 0.484. The smallest absolute Gasteiger partial charge is 0.283 e. The number of rotatable bonds is 3. The van der Waals surface area contributed by atoms with Crippen LogP contribution in [0.15, 0.2) is 41.3 Å². The Bertz CT molecular complexity index is 841. The molecule has 2 aromatic carbocycles. The van der Waals surface area contributed by atoms with Gasteiger partial charge in [-0.15, -0.1) is 0 Å². The lowest BCUT2D eigenvalue weighted by atomic mass is 10.1. The molecule has 0 saturated carbocycles. The van der Waals surface area contributed by atoms with E-state index in [-0.39, 0.29) is 16.0 Å². The summed E-state index contributed by atoms with van der Waals surface area (Å²) in [4.78, 5) is -0.262. The average molecular weight is 301 g/mol. The van der Waals surface area contributed by atoms with Crippen LogP contribution >= 0.6 is 0 Å². The molecule has 0 saturated heterocycles. The number of benzene rings is 2. The van der Waals surface area contributed by atoms with Gasteiger partial charge in [0.1, 0.15) is 4.90 Å². The topological polar surface area (TPSA) is 101 Å². The summed E-state index contributed by atoms with van der Waals surface area (Å²) < 4.78 is 56.5. The van der Waals surface area contributed by atoms with E-state index in [9.17, 15) is 16.8 Å². The number of sulfonamides is 1. The fraction of sp³-hybridized carbons (Fsp3) is 0.0909. The molecule has 0 spiro atoms. The van der Waals surface area contributed by atoms with E-state index in [0.717, 1.165) is 6.26 Å². The van der Waals surface area contributed by atoms with Crippen molar-refractivity contribution >= 4 is 36.6 Å². The summed E-state index contributed by atoms with van der Waals surface area (Å²) in [5.74, 6) is 0. The lowest BCUT2D eigenvalue weighted by Crippen LogP contribution is -2.10. The fourth-order valence-electron chi connectivity index (χ4n) is 1.79. The molecule has 0 radical (unpaired) electrons. The van der Waals surface area contributed by atoms with Gasteiger partial charge in [0, 0.05) is 10.8 Å². The number of fused-ring (bicyclic) bond motifs is 1. The molecule has 0 aliphatic carbocycles. The SMILES string of the molecule is CS(=O)(=O)Nc1cccc2c(S(=O)(=O)O)cccc12. The van der Waals surface area contributed by atoms with Crippen LogP contribution in [-0.4, -0.2) is 27.6 Å². The summed E-state index contributed by atoms with van der Waals surface area (Å²) in [5.41, 5.74) is 0.255. The van der Waals surface area contributed by atoms with Gasteiger partial charge in [-0.3, -0.25) is 9.27 Å². The second kappa shape index (κ2) is 4.48. The monoisotopic (exact) mass is 301 g/mol. The van der Waals surface area contributed by atoms with Crippen LogP contribution in [0.3, 0.4) is 0 Å². The number of hydrogen-bond acceptors (Lipinski definition) is 4. The lowest BCUT2D eigenvalue weighted by Gasteiger charge is -2.09. The highest BCUT2D eigenvalue weighted by molar-refractivity contribution is 7.92. The predicted molar refractivity (Wildman–Crippen MR) is 72.2 cm³/mol. The van der Waals surface area contributed by atoms with Crippen LogP contribution in [0.1, 0.15) is 0 Å². The summed E-state index contributed by atoms with van der Waals surface area (Å²) in [6.45, 7) is 0. The van der Waals surface area contributed by atoms with Gasteiger partial charge in [0.2, 0.25) is 10.0 Å². The molecule has 0 fully saturated rings. The third-order valence-corrected chi connectivity index (χ3v) is 3.96. The van der Waals surface area contributed by atoms with Gasteiger partial charge in [-0.2, -0.15) is 8.42 Å². The quantitative estimate of drug-likeness (QED) is 0.836. The molecule has 0 atom stereocenters. The summed E-state index contributed by atoms with van der Waals surface area (Å²) >= 11 is 0. The molecule has 2 rings (SSSR count). The Morgan fingerprint density at radius 2 is 1.53 bits per heavy atom. The van der Waals surface area contributed by atoms with Crippen molar-refractivity contribution in [1.29, 1.82) is 0 Å². The van der Waals surface area contributed by atoms with Crippen LogP contribution in [0.25, 0.3) is 10.8 Å². The van der Waals surface area contributed by atoms with Gasteiger partial charge in [0.05, 0.1) is 11.9 Å². The van der Waals surface area contributed by atoms with E-state index in [4.69, 9.17) is 4.55 Å². The molecule has 0 bridgehead atoms. The second-order valence-corrected chi connectivity index (χ2v) is 7.14. The highest BCUT2D eigenvalue weighted by Crippen LogP contribution is 2.29. The van der Waals surface area contributed by atoms with Crippen molar-refractivity contribution in [3.05, 3.63) is 36.4 Å². The Morgan fingerprint density at radius 1 is 0.947 bits per heavy atom. The highest BCUT2D eigenvalue weighted by Gasteiger charge is 2.15. The molecule has 2 N–H and O–H groups in total. The zero-order valence-corrected chi connectivity index (χ0v) is 11.5. The van der Waals surface area contributed by atoms with Crippen molar-refractivity contribution in [3.63, 3.8) is 0 Å². The first-order valence-corrected chi connectivity index (χ1v) is 8.49. The minimum Gasteiger partial charge on any atom is -0.283 e. The van der Waals surface area contributed by atoms with E-state index >= 15 is 0 Å². The van der Waals surface area contributed by atoms with Crippen LogP contribution in [0.5, 0.6) is 0 Å². The third kappa shape index (κ3) is 3.03. The summed E-state index contributed by atoms with van der Waals surface area (Å²) in [5, 5.41) is 0.640. The van der Waals surface area contributed by atoms with Crippen LogP contribution < -0.4 is 4.72 Å². The van der Waals surface area contributed by atoms with E-state index in [2.05, 4.69) is 4.72 Å². The van der Waals surface area contributed by atoms with E-state index in [1.165, 1.54) is 30.3 Å². The molecule has 8 heteroatoms. The van der Waals surface area contributed by atoms with Crippen LogP contribution in [0.2, 0.25) is 0 Å². The largest absolute Gasteiger partial charge is 0.295 e. The minimum absolute atomic E-state index is 0.249. The average Bonchev–Trinajstić information content (AvgIpc) is 2.25. The molecule has 19 heavy (non-hydrogen) atoms. The van der Waals surface area contributed by atoms with Crippen molar-refractivity contribution in [2.75, 3.05) is 11.0 Å². The molecule has 0 aromatic heterocycles. The molecule has 0 aliphatic heterocycles. The van der Waals surface area contributed by atoms with Crippen molar-refractivity contribution in [2.45, 2.75) is 4.90 Å². The van der Waals surface area contributed by atoms with Crippen molar-refractivity contribution in [3.8, 4) is 0 Å². The van der Waals surface area contributed by atoms with Gasteiger partial charge in [0.25, 0.3) is 10.1 Å². The first-order chi connectivity index (χ1) is 8.68. The van der Waals surface area contributed by atoms with Gasteiger partial charge < -0.3 is 0 Å². The predicted octanol–water partition coefficient (Wildman–Crippen LogP) is 1.46. The van der Waals surface area contributed by atoms with Crippen LogP contribution in [0.4, 0.5) is 5.69 Å². The normalized spacial score (nSPS) is 12.5. The van der Waals surface area contributed by atoms with E-state index in [0.29, 0.717) is 5.39 Å². The zero-order chi connectivity index (χ0) is 14.3. The maximum absolute atomic E-state index is 11.3.